The van der Waals surface area contributed by atoms with Gasteiger partial charge in [0.15, 0.2) is 0 Å². The molecule has 1 amide bonds. The summed E-state index contributed by atoms with van der Waals surface area (Å²) in [6.07, 6.45) is 6.43. The number of hydrogen-bond donors (Lipinski definition) is 4. The number of nitrogens with zero attached hydrogens (tertiary/aromatic N) is 3. The van der Waals surface area contributed by atoms with Gasteiger partial charge in [-0.15, -0.1) is 0 Å². The third-order valence-electron chi connectivity index (χ3n) is 6.37. The molecule has 8 heteroatoms. The number of aryl methyl sites for hydroxylation is 1. The molecule has 2 aromatic heterocycles. The van der Waals surface area contributed by atoms with Crippen LogP contribution in [0.25, 0.3) is 16.7 Å². The molecule has 0 aliphatic heterocycles. The molecule has 1 saturated carbocycles. The summed E-state index contributed by atoms with van der Waals surface area (Å²) in [6, 6.07) is 15.8. The SMILES string of the molecule is Cc1cccc(Nc2ncnc3c2ccn3-c2ccc(C(N)=O)c(NC3CCC(O)CC3)c2)c1. The van der Waals surface area contributed by atoms with Crippen LogP contribution in [-0.2, 0) is 0 Å². The van der Waals surface area contributed by atoms with Crippen molar-refractivity contribution < 1.29 is 9.90 Å². The first kappa shape index (κ1) is 21.9. The molecule has 174 valence electrons. The maximum absolute atomic E-state index is 12.1. The number of nitrogens with two attached hydrogens (primary N) is 1. The number of nitrogens with one attached hydrogen (secondary N) is 2. The monoisotopic (exact) mass is 456 g/mol. The van der Waals surface area contributed by atoms with E-state index in [4.69, 9.17) is 5.73 Å². The molecular weight excluding hydrogens is 428 g/mol. The number of fused-ring (bicyclic) bond motifs is 1. The second kappa shape index (κ2) is 9.15. The molecule has 1 aliphatic carbocycles. The molecule has 2 heterocycles. The van der Waals surface area contributed by atoms with Gasteiger partial charge < -0.3 is 26.0 Å². The fourth-order valence-electron chi connectivity index (χ4n) is 4.58. The van der Waals surface area contributed by atoms with Crippen molar-refractivity contribution in [1.29, 1.82) is 0 Å². The molecule has 0 spiro atoms. The molecule has 0 saturated heterocycles. The minimum atomic E-state index is -0.478. The Balaban J connectivity index is 1.49. The topological polar surface area (TPSA) is 118 Å². The predicted molar refractivity (Wildman–Crippen MR) is 134 cm³/mol. The first-order chi connectivity index (χ1) is 16.5. The van der Waals surface area contributed by atoms with Gasteiger partial charge in [0, 0.05) is 29.3 Å². The van der Waals surface area contributed by atoms with Gasteiger partial charge in [0.25, 0.3) is 5.91 Å². The van der Waals surface area contributed by atoms with Crippen LogP contribution in [0.5, 0.6) is 0 Å². The van der Waals surface area contributed by atoms with Crippen LogP contribution in [0.15, 0.2) is 61.1 Å². The van der Waals surface area contributed by atoms with Crippen LogP contribution in [-0.4, -0.2) is 37.7 Å². The summed E-state index contributed by atoms with van der Waals surface area (Å²) in [5.41, 5.74) is 10.5. The van der Waals surface area contributed by atoms with Crippen molar-refractivity contribution >= 4 is 34.1 Å². The largest absolute Gasteiger partial charge is 0.393 e. The van der Waals surface area contributed by atoms with Crippen LogP contribution < -0.4 is 16.4 Å². The summed E-state index contributed by atoms with van der Waals surface area (Å²) in [6.45, 7) is 2.05. The Morgan fingerprint density at radius 1 is 1.09 bits per heavy atom. The second-order valence-corrected chi connectivity index (χ2v) is 8.88. The van der Waals surface area contributed by atoms with Gasteiger partial charge in [-0.3, -0.25) is 4.79 Å². The van der Waals surface area contributed by atoms with Gasteiger partial charge in [0.1, 0.15) is 17.8 Å². The molecule has 0 unspecified atom stereocenters. The van der Waals surface area contributed by atoms with Crippen molar-refractivity contribution in [3.63, 3.8) is 0 Å². The average molecular weight is 457 g/mol. The lowest BCUT2D eigenvalue weighted by molar-refractivity contribution is 0.100. The fourth-order valence-corrected chi connectivity index (χ4v) is 4.58. The number of aromatic nitrogens is 3. The van der Waals surface area contributed by atoms with E-state index in [0.717, 1.165) is 59.5 Å². The Hall–Kier alpha value is -3.91. The third-order valence-corrected chi connectivity index (χ3v) is 6.37. The second-order valence-electron chi connectivity index (χ2n) is 8.88. The zero-order valence-corrected chi connectivity index (χ0v) is 19.0. The fraction of sp³-hybridized carbons (Fsp3) is 0.269. The Labute approximate surface area is 197 Å². The number of primary amides is 1. The molecular formula is C26H28N6O2. The van der Waals surface area contributed by atoms with Crippen LogP contribution >= 0.6 is 0 Å². The summed E-state index contributed by atoms with van der Waals surface area (Å²) in [5.74, 6) is 0.247. The summed E-state index contributed by atoms with van der Waals surface area (Å²) in [4.78, 5) is 21.0. The predicted octanol–water partition coefficient (Wildman–Crippen LogP) is 4.29. The summed E-state index contributed by atoms with van der Waals surface area (Å²) in [7, 11) is 0. The molecule has 34 heavy (non-hydrogen) atoms. The van der Waals surface area contributed by atoms with E-state index < -0.39 is 5.91 Å². The van der Waals surface area contributed by atoms with Gasteiger partial charge in [-0.2, -0.15) is 0 Å². The van der Waals surface area contributed by atoms with Gasteiger partial charge in [-0.25, -0.2) is 9.97 Å². The van der Waals surface area contributed by atoms with Gasteiger partial charge >= 0.3 is 0 Å². The number of amides is 1. The molecule has 4 aromatic rings. The van der Waals surface area contributed by atoms with E-state index >= 15 is 0 Å². The Morgan fingerprint density at radius 3 is 2.68 bits per heavy atom. The van der Waals surface area contributed by atoms with Crippen LogP contribution in [0.1, 0.15) is 41.6 Å². The van der Waals surface area contributed by atoms with Crippen LogP contribution in [0.4, 0.5) is 17.2 Å². The molecule has 2 aromatic carbocycles. The molecule has 5 rings (SSSR count). The van der Waals surface area contributed by atoms with E-state index in [2.05, 4.69) is 26.7 Å². The number of benzene rings is 2. The van der Waals surface area contributed by atoms with E-state index in [1.54, 1.807) is 12.4 Å². The van der Waals surface area contributed by atoms with Crippen molar-refractivity contribution in [2.24, 2.45) is 5.73 Å². The molecule has 0 radical (unpaired) electrons. The summed E-state index contributed by atoms with van der Waals surface area (Å²) in [5, 5.41) is 17.6. The van der Waals surface area contributed by atoms with Crippen molar-refractivity contribution in [3.05, 3.63) is 72.2 Å². The first-order valence-corrected chi connectivity index (χ1v) is 11.5. The first-order valence-electron chi connectivity index (χ1n) is 11.5. The minimum absolute atomic E-state index is 0.186. The third kappa shape index (κ3) is 4.45. The lowest BCUT2D eigenvalue weighted by Gasteiger charge is -2.28. The number of carbonyl (C=O) groups is 1. The number of hydrogen-bond acceptors (Lipinski definition) is 6. The van der Waals surface area contributed by atoms with Crippen LogP contribution in [0.2, 0.25) is 0 Å². The van der Waals surface area contributed by atoms with Crippen molar-refractivity contribution in [1.82, 2.24) is 14.5 Å². The highest BCUT2D eigenvalue weighted by Gasteiger charge is 2.21. The highest BCUT2D eigenvalue weighted by atomic mass is 16.3. The van der Waals surface area contributed by atoms with E-state index in [1.165, 1.54) is 0 Å². The molecule has 0 bridgehead atoms. The van der Waals surface area contributed by atoms with Gasteiger partial charge in [0.2, 0.25) is 0 Å². The van der Waals surface area contributed by atoms with Gasteiger partial charge in [-0.1, -0.05) is 12.1 Å². The molecule has 5 N–H and O–H groups in total. The zero-order valence-electron chi connectivity index (χ0n) is 19.0. The number of aliphatic hydroxyl groups excluding tert-OH is 1. The summed E-state index contributed by atoms with van der Waals surface area (Å²) >= 11 is 0. The summed E-state index contributed by atoms with van der Waals surface area (Å²) < 4.78 is 1.97. The normalized spacial score (nSPS) is 18.1. The lowest BCUT2D eigenvalue weighted by atomic mass is 9.92. The molecule has 1 fully saturated rings. The Kier molecular flexibility index (Phi) is 5.90. The smallest absolute Gasteiger partial charge is 0.250 e. The van der Waals surface area contributed by atoms with Gasteiger partial charge in [0.05, 0.1) is 17.1 Å². The lowest BCUT2D eigenvalue weighted by Crippen LogP contribution is -2.29. The zero-order chi connectivity index (χ0) is 23.7. The highest BCUT2D eigenvalue weighted by Crippen LogP contribution is 2.30. The number of anilines is 3. The molecule has 0 atom stereocenters. The van der Waals surface area contributed by atoms with Crippen molar-refractivity contribution in [2.75, 3.05) is 10.6 Å². The highest BCUT2D eigenvalue weighted by molar-refractivity contribution is 5.99. The standard InChI is InChI=1S/C26H28N6O2/c1-16-3-2-4-18(13-16)31-25-22-11-12-32(26(22)29-15-28-25)19-7-10-21(24(27)34)23(14-19)30-17-5-8-20(33)9-6-17/h2-4,7,10-15,17,20,30,33H,5-6,8-9H2,1H3,(H2,27,34)(H,28,29,31). The van der Waals surface area contributed by atoms with E-state index in [-0.39, 0.29) is 12.1 Å². The van der Waals surface area contributed by atoms with Crippen molar-refractivity contribution in [2.45, 2.75) is 44.8 Å². The van der Waals surface area contributed by atoms with E-state index in [0.29, 0.717) is 11.3 Å². The minimum Gasteiger partial charge on any atom is -0.393 e. The quantitative estimate of drug-likeness (QED) is 0.344. The Bertz CT molecular complexity index is 1340. The molecule has 1 aliphatic rings. The number of carbonyl (C=O) groups excluding carboxylic acids is 1. The molecule has 8 nitrogen and oxygen atoms in total. The van der Waals surface area contributed by atoms with Gasteiger partial charge in [-0.05, 0) is 74.6 Å². The van der Waals surface area contributed by atoms with E-state index in [9.17, 15) is 9.90 Å². The maximum Gasteiger partial charge on any atom is 0.250 e. The van der Waals surface area contributed by atoms with Crippen molar-refractivity contribution in [3.8, 4) is 5.69 Å². The number of aliphatic hydroxyl groups is 1. The maximum atomic E-state index is 12.1. The number of rotatable bonds is 6. The van der Waals surface area contributed by atoms with E-state index in [1.807, 2.05) is 54.1 Å². The van der Waals surface area contributed by atoms with Crippen LogP contribution in [0, 0.1) is 6.92 Å². The Morgan fingerprint density at radius 2 is 1.91 bits per heavy atom. The average Bonchev–Trinajstić information content (AvgIpc) is 3.26. The van der Waals surface area contributed by atoms with Crippen LogP contribution in [0.3, 0.4) is 0 Å².